The number of carbonyl (C=O) groups excluding carboxylic acids is 1. The molecule has 0 aliphatic carbocycles. The second-order valence-electron chi connectivity index (χ2n) is 5.94. The SMILES string of the molecule is CS[C@H](C)C(=O)N1CCCC[C@H]1c1nc2ccccc2n1C. The van der Waals surface area contributed by atoms with Crippen LogP contribution in [0.4, 0.5) is 0 Å². The van der Waals surface area contributed by atoms with Gasteiger partial charge in [-0.3, -0.25) is 4.79 Å². The molecule has 22 heavy (non-hydrogen) atoms. The number of fused-ring (bicyclic) bond motifs is 1. The number of hydrogen-bond donors (Lipinski definition) is 0. The third kappa shape index (κ3) is 2.62. The average Bonchev–Trinajstić information content (AvgIpc) is 2.90. The zero-order valence-corrected chi connectivity index (χ0v) is 14.3. The Hall–Kier alpha value is -1.49. The van der Waals surface area contributed by atoms with Gasteiger partial charge in [0.2, 0.25) is 5.91 Å². The summed E-state index contributed by atoms with van der Waals surface area (Å²) in [6, 6.07) is 8.28. The predicted octanol–water partition coefficient (Wildman–Crippen LogP) is 3.38. The van der Waals surface area contributed by atoms with E-state index in [0.717, 1.165) is 42.7 Å². The van der Waals surface area contributed by atoms with Crippen LogP contribution in [0.5, 0.6) is 0 Å². The molecule has 5 heteroatoms. The maximum Gasteiger partial charge on any atom is 0.236 e. The van der Waals surface area contributed by atoms with Crippen molar-refractivity contribution in [3.05, 3.63) is 30.1 Å². The standard InChI is InChI=1S/C17H23N3OS/c1-12(22-3)17(21)20-11-7-6-10-15(20)16-18-13-8-4-5-9-14(13)19(16)2/h4-5,8-9,12,15H,6-7,10-11H2,1-3H3/t12-,15+/m1/s1. The molecular formula is C17H23N3OS. The summed E-state index contributed by atoms with van der Waals surface area (Å²) in [6.45, 7) is 2.84. The number of amides is 1. The quantitative estimate of drug-likeness (QED) is 0.871. The van der Waals surface area contributed by atoms with Crippen LogP contribution < -0.4 is 0 Å². The highest BCUT2D eigenvalue weighted by atomic mass is 32.2. The Bertz CT molecular complexity index is 682. The molecule has 0 N–H and O–H groups in total. The van der Waals surface area contributed by atoms with Crippen molar-refractivity contribution in [3.8, 4) is 0 Å². The van der Waals surface area contributed by atoms with Gasteiger partial charge in [0.1, 0.15) is 5.82 Å². The van der Waals surface area contributed by atoms with Gasteiger partial charge in [-0.1, -0.05) is 12.1 Å². The van der Waals surface area contributed by atoms with E-state index in [0.29, 0.717) is 0 Å². The van der Waals surface area contributed by atoms with E-state index in [1.807, 2.05) is 36.3 Å². The predicted molar refractivity (Wildman–Crippen MR) is 92.0 cm³/mol. The molecule has 1 saturated heterocycles. The van der Waals surface area contributed by atoms with E-state index in [-0.39, 0.29) is 17.2 Å². The summed E-state index contributed by atoms with van der Waals surface area (Å²) < 4.78 is 2.15. The van der Waals surface area contributed by atoms with Crippen LogP contribution in [0.15, 0.2) is 24.3 Å². The Kier molecular flexibility index (Phi) is 4.43. The van der Waals surface area contributed by atoms with Crippen molar-refractivity contribution < 1.29 is 4.79 Å². The molecule has 1 amide bonds. The minimum atomic E-state index is 0.00952. The summed E-state index contributed by atoms with van der Waals surface area (Å²) in [7, 11) is 2.06. The lowest BCUT2D eigenvalue weighted by Crippen LogP contribution is -2.43. The lowest BCUT2D eigenvalue weighted by Gasteiger charge is -2.36. The van der Waals surface area contributed by atoms with E-state index in [1.54, 1.807) is 11.8 Å². The highest BCUT2D eigenvalue weighted by Gasteiger charge is 2.33. The van der Waals surface area contributed by atoms with Crippen LogP contribution in [0, 0.1) is 0 Å². The fourth-order valence-electron chi connectivity index (χ4n) is 3.26. The molecule has 2 atom stereocenters. The Morgan fingerprint density at radius 3 is 2.86 bits per heavy atom. The van der Waals surface area contributed by atoms with Gasteiger partial charge in [-0.25, -0.2) is 4.98 Å². The fourth-order valence-corrected chi connectivity index (χ4v) is 3.60. The minimum absolute atomic E-state index is 0.00952. The molecule has 118 valence electrons. The number of rotatable bonds is 3. The molecule has 1 aromatic heterocycles. The van der Waals surface area contributed by atoms with E-state index in [9.17, 15) is 4.79 Å². The highest BCUT2D eigenvalue weighted by Crippen LogP contribution is 2.33. The lowest BCUT2D eigenvalue weighted by molar-refractivity contribution is -0.134. The second-order valence-corrected chi connectivity index (χ2v) is 7.12. The number of benzene rings is 1. The van der Waals surface area contributed by atoms with Gasteiger partial charge in [-0.05, 0) is 44.6 Å². The molecule has 0 unspecified atom stereocenters. The minimum Gasteiger partial charge on any atom is -0.332 e. The maximum atomic E-state index is 12.7. The van der Waals surface area contributed by atoms with Gasteiger partial charge in [0.15, 0.2) is 0 Å². The lowest BCUT2D eigenvalue weighted by atomic mass is 10.0. The first-order valence-corrected chi connectivity index (χ1v) is 9.17. The number of aromatic nitrogens is 2. The molecule has 2 heterocycles. The number of hydrogen-bond acceptors (Lipinski definition) is 3. The number of piperidine rings is 1. The van der Waals surface area contributed by atoms with Gasteiger partial charge in [0, 0.05) is 13.6 Å². The smallest absolute Gasteiger partial charge is 0.236 e. The molecule has 1 aliphatic rings. The third-order valence-electron chi connectivity index (χ3n) is 4.61. The van der Waals surface area contributed by atoms with Crippen LogP contribution in [-0.2, 0) is 11.8 Å². The molecule has 0 spiro atoms. The fraction of sp³-hybridized carbons (Fsp3) is 0.529. The Labute approximate surface area is 135 Å². The molecule has 1 aliphatic heterocycles. The molecule has 2 aromatic rings. The monoisotopic (exact) mass is 317 g/mol. The number of imidazole rings is 1. The molecule has 1 fully saturated rings. The number of aryl methyl sites for hydroxylation is 1. The summed E-state index contributed by atoms with van der Waals surface area (Å²) in [6.07, 6.45) is 5.25. The summed E-state index contributed by atoms with van der Waals surface area (Å²) in [4.78, 5) is 19.6. The van der Waals surface area contributed by atoms with Crippen LogP contribution in [0.25, 0.3) is 11.0 Å². The van der Waals surface area contributed by atoms with Crippen LogP contribution in [0.3, 0.4) is 0 Å². The second kappa shape index (κ2) is 6.32. The molecule has 4 nitrogen and oxygen atoms in total. The molecule has 1 aromatic carbocycles. The normalized spacial score (nSPS) is 20.3. The first-order chi connectivity index (χ1) is 10.6. The van der Waals surface area contributed by atoms with E-state index >= 15 is 0 Å². The van der Waals surface area contributed by atoms with Crippen molar-refractivity contribution in [3.63, 3.8) is 0 Å². The van der Waals surface area contributed by atoms with Crippen LogP contribution in [0.1, 0.15) is 38.1 Å². The first kappa shape index (κ1) is 15.4. The zero-order chi connectivity index (χ0) is 15.7. The molecule has 3 rings (SSSR count). The van der Waals surface area contributed by atoms with Gasteiger partial charge in [0.05, 0.1) is 22.3 Å². The molecular weight excluding hydrogens is 294 g/mol. The van der Waals surface area contributed by atoms with Crippen molar-refractivity contribution >= 4 is 28.7 Å². The summed E-state index contributed by atoms with van der Waals surface area (Å²) in [5.74, 6) is 1.26. The van der Waals surface area contributed by atoms with Crippen LogP contribution in [0.2, 0.25) is 0 Å². The van der Waals surface area contributed by atoms with Crippen LogP contribution >= 0.6 is 11.8 Å². The molecule has 0 radical (unpaired) electrons. The number of thioether (sulfide) groups is 1. The van der Waals surface area contributed by atoms with E-state index < -0.39 is 0 Å². The van der Waals surface area contributed by atoms with Crippen molar-refractivity contribution in [1.29, 1.82) is 0 Å². The zero-order valence-electron chi connectivity index (χ0n) is 13.5. The topological polar surface area (TPSA) is 38.1 Å². The average molecular weight is 317 g/mol. The van der Waals surface area contributed by atoms with Gasteiger partial charge >= 0.3 is 0 Å². The van der Waals surface area contributed by atoms with Crippen LogP contribution in [-0.4, -0.2) is 38.4 Å². The number of para-hydroxylation sites is 2. The Morgan fingerprint density at radius 2 is 2.14 bits per heavy atom. The van der Waals surface area contributed by atoms with Crippen molar-refractivity contribution in [1.82, 2.24) is 14.5 Å². The van der Waals surface area contributed by atoms with Gasteiger partial charge in [-0.2, -0.15) is 11.8 Å². The molecule has 0 saturated carbocycles. The van der Waals surface area contributed by atoms with Crippen molar-refractivity contribution in [2.75, 3.05) is 12.8 Å². The summed E-state index contributed by atoms with van der Waals surface area (Å²) in [5, 5.41) is 0.00952. The van der Waals surface area contributed by atoms with Gasteiger partial charge in [-0.15, -0.1) is 0 Å². The Balaban J connectivity index is 1.99. The van der Waals surface area contributed by atoms with E-state index in [4.69, 9.17) is 4.98 Å². The Morgan fingerprint density at radius 1 is 1.36 bits per heavy atom. The van der Waals surface area contributed by atoms with Crippen molar-refractivity contribution in [2.45, 2.75) is 37.5 Å². The largest absolute Gasteiger partial charge is 0.332 e. The third-order valence-corrected chi connectivity index (χ3v) is 5.52. The highest BCUT2D eigenvalue weighted by molar-refractivity contribution is 7.99. The number of likely N-dealkylation sites (tertiary alicyclic amines) is 1. The van der Waals surface area contributed by atoms with Crippen molar-refractivity contribution in [2.24, 2.45) is 7.05 Å². The summed E-state index contributed by atoms with van der Waals surface area (Å²) >= 11 is 1.61. The van der Waals surface area contributed by atoms with Gasteiger partial charge in [0.25, 0.3) is 0 Å². The number of carbonyl (C=O) groups is 1. The van der Waals surface area contributed by atoms with E-state index in [2.05, 4.69) is 17.7 Å². The summed E-state index contributed by atoms with van der Waals surface area (Å²) in [5.41, 5.74) is 2.14. The molecule has 0 bridgehead atoms. The first-order valence-electron chi connectivity index (χ1n) is 7.88. The van der Waals surface area contributed by atoms with E-state index in [1.165, 1.54) is 0 Å². The number of nitrogens with zero attached hydrogens (tertiary/aromatic N) is 3. The van der Waals surface area contributed by atoms with Gasteiger partial charge < -0.3 is 9.47 Å². The maximum absolute atomic E-state index is 12.7.